The number of hydrogen-bond acceptors (Lipinski definition) is 7. The maximum Gasteiger partial charge on any atom is 0.266 e. The predicted octanol–water partition coefficient (Wildman–Crippen LogP) is 2.89. The Kier molecular flexibility index (Phi) is 6.38. The minimum atomic E-state index is -1.37. The summed E-state index contributed by atoms with van der Waals surface area (Å²) in [6.45, 7) is 1.88. The van der Waals surface area contributed by atoms with Gasteiger partial charge < -0.3 is 14.6 Å². The highest BCUT2D eigenvalue weighted by Crippen LogP contribution is 2.35. The van der Waals surface area contributed by atoms with Crippen molar-refractivity contribution < 1.29 is 19.4 Å². The van der Waals surface area contributed by atoms with E-state index < -0.39 is 18.4 Å². The van der Waals surface area contributed by atoms with Gasteiger partial charge in [0.25, 0.3) is 5.91 Å². The lowest BCUT2D eigenvalue weighted by Gasteiger charge is -2.14. The quantitative estimate of drug-likeness (QED) is 0.392. The first-order chi connectivity index (χ1) is 15.5. The lowest BCUT2D eigenvalue weighted by molar-refractivity contribution is -0.305. The molecule has 0 spiro atoms. The van der Waals surface area contributed by atoms with Gasteiger partial charge >= 0.3 is 0 Å². The zero-order chi connectivity index (χ0) is 22.7. The van der Waals surface area contributed by atoms with Crippen LogP contribution in [0.15, 0.2) is 65.7 Å². The van der Waals surface area contributed by atoms with Crippen molar-refractivity contribution in [3.8, 4) is 22.7 Å². The fourth-order valence-electron chi connectivity index (χ4n) is 3.24. The number of thiocarbonyl (C=S) groups is 1. The van der Waals surface area contributed by atoms with E-state index in [4.69, 9.17) is 22.1 Å². The lowest BCUT2D eigenvalue weighted by Crippen LogP contribution is -2.40. The number of aromatic nitrogens is 2. The molecule has 0 aliphatic carbocycles. The number of rotatable bonds is 7. The maximum atomic E-state index is 12.7. The maximum absolute atomic E-state index is 12.7. The molecule has 1 amide bonds. The van der Waals surface area contributed by atoms with E-state index in [0.29, 0.717) is 28.5 Å². The first-order valence-electron chi connectivity index (χ1n) is 9.80. The van der Waals surface area contributed by atoms with Crippen molar-refractivity contribution in [2.24, 2.45) is 0 Å². The highest BCUT2D eigenvalue weighted by Gasteiger charge is 2.32. The Morgan fingerprint density at radius 1 is 1.22 bits per heavy atom. The number of carbonyl (C=O) groups is 2. The number of amides is 1. The second-order valence-electron chi connectivity index (χ2n) is 6.81. The molecule has 162 valence electrons. The summed E-state index contributed by atoms with van der Waals surface area (Å²) in [6.07, 6.45) is 3.51. The fraction of sp³-hybridized carbons (Fsp3) is 0.130. The van der Waals surface area contributed by atoms with Gasteiger partial charge in [-0.3, -0.25) is 9.69 Å². The molecule has 1 fully saturated rings. The number of carboxylic acids is 1. The molecule has 9 heteroatoms. The smallest absolute Gasteiger partial charge is 0.266 e. The van der Waals surface area contributed by atoms with Crippen molar-refractivity contribution in [3.05, 3.63) is 71.3 Å². The van der Waals surface area contributed by atoms with Crippen LogP contribution in [0.3, 0.4) is 0 Å². The molecule has 4 rings (SSSR count). The molecule has 0 atom stereocenters. The largest absolute Gasteiger partial charge is 0.548 e. The van der Waals surface area contributed by atoms with Crippen LogP contribution in [-0.4, -0.2) is 44.0 Å². The highest BCUT2D eigenvalue weighted by atomic mass is 32.2. The molecule has 7 nitrogen and oxygen atoms in total. The number of thioether (sulfide) groups is 1. The molecule has 0 radical (unpaired) electrons. The summed E-state index contributed by atoms with van der Waals surface area (Å²) >= 11 is 6.24. The summed E-state index contributed by atoms with van der Waals surface area (Å²) in [5, 5.41) is 15.7. The molecule has 1 aliphatic rings. The van der Waals surface area contributed by atoms with Gasteiger partial charge in [0.1, 0.15) is 15.8 Å². The Bertz CT molecular complexity index is 1220. The van der Waals surface area contributed by atoms with Crippen molar-refractivity contribution in [2.75, 3.05) is 13.2 Å². The second kappa shape index (κ2) is 9.37. The standard InChI is InChI=1S/C23H19N3O4S2/c1-2-30-18-10-6-7-15(11-18)21-16(13-26(24-21)17-8-4-3-5-9-17)12-19-22(29)25(14-20(27)28)23(31)32-19/h3-13H,2,14H2,1H3,(H,27,28)/p-1/b19-12-. The summed E-state index contributed by atoms with van der Waals surface area (Å²) in [5.41, 5.74) is 3.03. The van der Waals surface area contributed by atoms with Crippen LogP contribution in [0, 0.1) is 0 Å². The molecule has 2 heterocycles. The van der Waals surface area contributed by atoms with Gasteiger partial charge in [0, 0.05) is 17.3 Å². The van der Waals surface area contributed by atoms with Crippen LogP contribution >= 0.6 is 24.0 Å². The van der Waals surface area contributed by atoms with Crippen LogP contribution in [0.2, 0.25) is 0 Å². The topological polar surface area (TPSA) is 87.5 Å². The molecule has 1 saturated heterocycles. The van der Waals surface area contributed by atoms with Gasteiger partial charge in [-0.05, 0) is 37.3 Å². The van der Waals surface area contributed by atoms with Gasteiger partial charge in [0.05, 0.1) is 29.7 Å². The van der Waals surface area contributed by atoms with E-state index in [1.807, 2.05) is 67.7 Å². The van der Waals surface area contributed by atoms with Crippen molar-refractivity contribution in [3.63, 3.8) is 0 Å². The number of carbonyl (C=O) groups excluding carboxylic acids is 2. The molecule has 1 aliphatic heterocycles. The van der Waals surface area contributed by atoms with E-state index >= 15 is 0 Å². The van der Waals surface area contributed by atoms with Crippen molar-refractivity contribution >= 4 is 46.3 Å². The van der Waals surface area contributed by atoms with E-state index in [2.05, 4.69) is 0 Å². The van der Waals surface area contributed by atoms with E-state index in [1.54, 1.807) is 10.8 Å². The molecule has 0 N–H and O–H groups in total. The van der Waals surface area contributed by atoms with Crippen molar-refractivity contribution in [1.82, 2.24) is 14.7 Å². The number of carboxylic acid groups (broad SMARTS) is 1. The van der Waals surface area contributed by atoms with Crippen LogP contribution in [0.1, 0.15) is 12.5 Å². The molecule has 2 aromatic carbocycles. The van der Waals surface area contributed by atoms with E-state index in [-0.39, 0.29) is 4.32 Å². The number of ether oxygens (including phenoxy) is 1. The molecular formula is C23H18N3O4S2-. The number of nitrogens with zero attached hydrogens (tertiary/aromatic N) is 3. The molecule has 0 unspecified atom stereocenters. The summed E-state index contributed by atoms with van der Waals surface area (Å²) in [7, 11) is 0. The van der Waals surface area contributed by atoms with Crippen LogP contribution in [-0.2, 0) is 9.59 Å². The van der Waals surface area contributed by atoms with Gasteiger partial charge in [0.15, 0.2) is 0 Å². The number of hydrogen-bond donors (Lipinski definition) is 0. The third-order valence-electron chi connectivity index (χ3n) is 4.63. The average molecular weight is 465 g/mol. The van der Waals surface area contributed by atoms with Crippen molar-refractivity contribution in [1.29, 1.82) is 0 Å². The summed E-state index contributed by atoms with van der Waals surface area (Å²) in [5.74, 6) is -1.12. The van der Waals surface area contributed by atoms with Gasteiger partial charge in [-0.2, -0.15) is 5.10 Å². The molecule has 0 saturated carbocycles. The first kappa shape index (κ1) is 21.8. The average Bonchev–Trinajstić information content (AvgIpc) is 3.31. The van der Waals surface area contributed by atoms with Gasteiger partial charge in [-0.1, -0.05) is 54.3 Å². The number of para-hydroxylation sites is 1. The summed E-state index contributed by atoms with van der Waals surface area (Å²) < 4.78 is 7.54. The first-order valence-corrected chi connectivity index (χ1v) is 11.0. The van der Waals surface area contributed by atoms with E-state index in [9.17, 15) is 14.7 Å². The lowest BCUT2D eigenvalue weighted by atomic mass is 10.1. The Morgan fingerprint density at radius 3 is 2.72 bits per heavy atom. The fourth-order valence-corrected chi connectivity index (χ4v) is 4.48. The van der Waals surface area contributed by atoms with Gasteiger partial charge in [-0.15, -0.1) is 0 Å². The van der Waals surface area contributed by atoms with Crippen LogP contribution in [0.4, 0.5) is 0 Å². The SMILES string of the molecule is CCOc1cccc(-c2nn(-c3ccccc3)cc2/C=C2\SC(=S)N(CC(=O)[O-])C2=O)c1. The molecule has 1 aromatic heterocycles. The monoisotopic (exact) mass is 464 g/mol. The van der Waals surface area contributed by atoms with Gasteiger partial charge in [-0.25, -0.2) is 4.68 Å². The number of aliphatic carboxylic acids is 1. The minimum absolute atomic E-state index is 0.181. The zero-order valence-corrected chi connectivity index (χ0v) is 18.7. The second-order valence-corrected chi connectivity index (χ2v) is 8.49. The normalized spacial score (nSPS) is 14.9. The summed E-state index contributed by atoms with van der Waals surface area (Å²) in [6, 6.07) is 17.2. The zero-order valence-electron chi connectivity index (χ0n) is 17.1. The van der Waals surface area contributed by atoms with Crippen LogP contribution < -0.4 is 9.84 Å². The number of benzene rings is 2. The van der Waals surface area contributed by atoms with Crippen LogP contribution in [0.25, 0.3) is 23.0 Å². The van der Waals surface area contributed by atoms with Crippen LogP contribution in [0.5, 0.6) is 5.75 Å². The van der Waals surface area contributed by atoms with Gasteiger partial charge in [0.2, 0.25) is 0 Å². The Labute approximate surface area is 194 Å². The Morgan fingerprint density at radius 2 is 2.00 bits per heavy atom. The molecule has 0 bridgehead atoms. The minimum Gasteiger partial charge on any atom is -0.548 e. The molecular weight excluding hydrogens is 446 g/mol. The van der Waals surface area contributed by atoms with E-state index in [0.717, 1.165) is 27.9 Å². The predicted molar refractivity (Wildman–Crippen MR) is 125 cm³/mol. The summed E-state index contributed by atoms with van der Waals surface area (Å²) in [4.78, 5) is 25.1. The van der Waals surface area contributed by atoms with Crippen molar-refractivity contribution in [2.45, 2.75) is 6.92 Å². The highest BCUT2D eigenvalue weighted by molar-refractivity contribution is 8.26. The van der Waals surface area contributed by atoms with E-state index in [1.165, 1.54) is 0 Å². The molecule has 32 heavy (non-hydrogen) atoms. The molecule has 3 aromatic rings. The Hall–Kier alpha value is -3.43. The third kappa shape index (κ3) is 4.58. The Balaban J connectivity index is 1.79. The third-order valence-corrected chi connectivity index (χ3v) is 6.01.